The Morgan fingerprint density at radius 3 is 1.76 bits per heavy atom. The molecular formula is C30H33NO2. The van der Waals surface area contributed by atoms with Crippen molar-refractivity contribution in [3.8, 4) is 0 Å². The first kappa shape index (κ1) is 21.9. The Kier molecular flexibility index (Phi) is 6.07. The Morgan fingerprint density at radius 1 is 0.788 bits per heavy atom. The third-order valence-electron chi connectivity index (χ3n) is 8.02. The monoisotopic (exact) mass is 439 g/mol. The second-order valence-corrected chi connectivity index (χ2v) is 10.0. The molecule has 3 aromatic rings. The minimum absolute atomic E-state index is 0.00740. The highest BCUT2D eigenvalue weighted by molar-refractivity contribution is 5.72. The fraction of sp³-hybridized carbons (Fsp3) is 0.367. The standard InChI is InChI=1S/C30H33NO2/c1-31(2)30-19-25(23-14-8-4-9-15-23)29(26(20-30)24-16-10-5-11-17-24)27(21-30)33-28(32)18-22-12-6-3-7-13-22/h3-17,25-27,29H,18-21H2,1-2H3/t25-,26-,27+,29?,30?/m0/s1. The number of nitrogens with zero attached hydrogens (tertiary/aromatic N) is 1. The fourth-order valence-corrected chi connectivity index (χ4v) is 6.37. The molecule has 3 aliphatic carbocycles. The molecule has 0 radical (unpaired) electrons. The van der Waals surface area contributed by atoms with Crippen LogP contribution in [-0.4, -0.2) is 36.6 Å². The van der Waals surface area contributed by atoms with Crippen LogP contribution in [0.3, 0.4) is 0 Å². The third kappa shape index (κ3) is 4.35. The zero-order valence-electron chi connectivity index (χ0n) is 19.6. The number of fused-ring (bicyclic) bond motifs is 3. The van der Waals surface area contributed by atoms with E-state index in [2.05, 4.69) is 79.7 Å². The molecule has 170 valence electrons. The maximum absolute atomic E-state index is 13.1. The average molecular weight is 440 g/mol. The van der Waals surface area contributed by atoms with Gasteiger partial charge in [0.15, 0.2) is 0 Å². The van der Waals surface area contributed by atoms with E-state index < -0.39 is 0 Å². The largest absolute Gasteiger partial charge is 0.462 e. The van der Waals surface area contributed by atoms with Gasteiger partial charge in [0.1, 0.15) is 6.10 Å². The molecule has 0 heterocycles. The van der Waals surface area contributed by atoms with Crippen LogP contribution in [0.4, 0.5) is 0 Å². The number of hydrogen-bond acceptors (Lipinski definition) is 3. The van der Waals surface area contributed by atoms with Crippen LogP contribution in [0.1, 0.15) is 47.8 Å². The Hall–Kier alpha value is -2.91. The van der Waals surface area contributed by atoms with Gasteiger partial charge in [-0.15, -0.1) is 0 Å². The van der Waals surface area contributed by atoms with Gasteiger partial charge in [-0.3, -0.25) is 4.79 Å². The van der Waals surface area contributed by atoms with E-state index in [0.717, 1.165) is 24.8 Å². The lowest BCUT2D eigenvalue weighted by Crippen LogP contribution is -2.61. The van der Waals surface area contributed by atoms with E-state index in [9.17, 15) is 4.79 Å². The van der Waals surface area contributed by atoms with E-state index >= 15 is 0 Å². The first-order valence-corrected chi connectivity index (χ1v) is 12.1. The summed E-state index contributed by atoms with van der Waals surface area (Å²) in [4.78, 5) is 15.5. The second-order valence-electron chi connectivity index (χ2n) is 10.0. The van der Waals surface area contributed by atoms with E-state index in [-0.39, 0.29) is 23.5 Å². The molecule has 3 saturated carbocycles. The van der Waals surface area contributed by atoms with Crippen LogP contribution in [-0.2, 0) is 16.0 Å². The predicted molar refractivity (Wildman–Crippen MR) is 132 cm³/mol. The van der Waals surface area contributed by atoms with Gasteiger partial charge in [-0.05, 0) is 55.5 Å². The van der Waals surface area contributed by atoms with Gasteiger partial charge in [-0.25, -0.2) is 0 Å². The molecule has 3 aliphatic rings. The van der Waals surface area contributed by atoms with Crippen molar-refractivity contribution in [2.75, 3.05) is 14.1 Å². The van der Waals surface area contributed by atoms with Gasteiger partial charge >= 0.3 is 5.97 Å². The van der Waals surface area contributed by atoms with Crippen molar-refractivity contribution in [1.29, 1.82) is 0 Å². The van der Waals surface area contributed by atoms with Crippen molar-refractivity contribution in [3.63, 3.8) is 0 Å². The van der Waals surface area contributed by atoms with Gasteiger partial charge in [0.05, 0.1) is 6.42 Å². The first-order valence-electron chi connectivity index (χ1n) is 12.1. The maximum atomic E-state index is 13.1. The summed E-state index contributed by atoms with van der Waals surface area (Å²) in [6.07, 6.45) is 3.33. The number of hydrogen-bond donors (Lipinski definition) is 0. The van der Waals surface area contributed by atoms with Gasteiger partial charge in [-0.1, -0.05) is 91.0 Å². The molecule has 3 aromatic carbocycles. The highest BCUT2D eigenvalue weighted by Crippen LogP contribution is 2.60. The average Bonchev–Trinajstić information content (AvgIpc) is 2.85. The molecular weight excluding hydrogens is 406 g/mol. The molecule has 3 heteroatoms. The van der Waals surface area contributed by atoms with E-state index in [1.807, 2.05) is 30.3 Å². The summed E-state index contributed by atoms with van der Waals surface area (Å²) in [6.45, 7) is 0. The summed E-state index contributed by atoms with van der Waals surface area (Å²) >= 11 is 0. The van der Waals surface area contributed by atoms with Crippen LogP contribution >= 0.6 is 0 Å². The third-order valence-corrected chi connectivity index (χ3v) is 8.02. The van der Waals surface area contributed by atoms with Gasteiger partial charge in [0.2, 0.25) is 0 Å². The van der Waals surface area contributed by atoms with Crippen molar-refractivity contribution < 1.29 is 9.53 Å². The van der Waals surface area contributed by atoms with Crippen LogP contribution in [0, 0.1) is 5.92 Å². The van der Waals surface area contributed by atoms with E-state index in [4.69, 9.17) is 4.74 Å². The lowest BCUT2D eigenvalue weighted by atomic mass is 9.52. The van der Waals surface area contributed by atoms with Crippen LogP contribution < -0.4 is 0 Å². The minimum Gasteiger partial charge on any atom is -0.462 e. The summed E-state index contributed by atoms with van der Waals surface area (Å²) < 4.78 is 6.34. The minimum atomic E-state index is -0.119. The van der Waals surface area contributed by atoms with Gasteiger partial charge in [0.25, 0.3) is 0 Å². The van der Waals surface area contributed by atoms with Crippen LogP contribution in [0.2, 0.25) is 0 Å². The Morgan fingerprint density at radius 2 is 1.27 bits per heavy atom. The Labute approximate surface area is 197 Å². The molecule has 33 heavy (non-hydrogen) atoms. The van der Waals surface area contributed by atoms with Gasteiger partial charge < -0.3 is 9.64 Å². The van der Waals surface area contributed by atoms with Crippen LogP contribution in [0.5, 0.6) is 0 Å². The van der Waals surface area contributed by atoms with E-state index in [1.165, 1.54) is 11.1 Å². The number of benzene rings is 3. The maximum Gasteiger partial charge on any atom is 0.310 e. The Bertz CT molecular complexity index is 1010. The summed E-state index contributed by atoms with van der Waals surface area (Å²) in [5.74, 6) is 0.870. The van der Waals surface area contributed by atoms with Crippen molar-refractivity contribution in [1.82, 2.24) is 4.90 Å². The number of carbonyl (C=O) groups is 1. The summed E-state index contributed by atoms with van der Waals surface area (Å²) in [7, 11) is 4.39. The van der Waals surface area contributed by atoms with Crippen molar-refractivity contribution in [2.45, 2.75) is 49.2 Å². The van der Waals surface area contributed by atoms with Crippen molar-refractivity contribution >= 4 is 5.97 Å². The smallest absolute Gasteiger partial charge is 0.310 e. The molecule has 2 bridgehead atoms. The lowest BCUT2D eigenvalue weighted by molar-refractivity contribution is -0.166. The highest BCUT2D eigenvalue weighted by atomic mass is 16.5. The SMILES string of the molecule is CN(C)C12C[C@@H](OC(=O)Cc3ccccc3)C([C@H](c3ccccc3)C1)[C@H](c1ccccc1)C2. The molecule has 0 saturated heterocycles. The predicted octanol–water partition coefficient (Wildman–Crippen LogP) is 5.82. The van der Waals surface area contributed by atoms with Crippen molar-refractivity contribution in [3.05, 3.63) is 108 Å². The molecule has 3 nitrogen and oxygen atoms in total. The number of esters is 1. The van der Waals surface area contributed by atoms with Crippen LogP contribution in [0.25, 0.3) is 0 Å². The lowest BCUT2D eigenvalue weighted by Gasteiger charge is -2.60. The molecule has 3 fully saturated rings. The zero-order chi connectivity index (χ0) is 22.8. The Balaban J connectivity index is 1.51. The number of carbonyl (C=O) groups excluding carboxylic acids is 1. The quantitative estimate of drug-likeness (QED) is 0.453. The molecule has 0 unspecified atom stereocenters. The summed E-state index contributed by atoms with van der Waals surface area (Å²) in [5.41, 5.74) is 3.73. The van der Waals surface area contributed by atoms with E-state index in [1.54, 1.807) is 0 Å². The second kappa shape index (κ2) is 9.15. The normalized spacial score (nSPS) is 28.6. The molecule has 6 rings (SSSR count). The van der Waals surface area contributed by atoms with E-state index in [0.29, 0.717) is 18.3 Å². The molecule has 0 spiro atoms. The molecule has 0 aromatic heterocycles. The number of ether oxygens (including phenoxy) is 1. The zero-order valence-corrected chi connectivity index (χ0v) is 19.6. The number of rotatable bonds is 6. The van der Waals surface area contributed by atoms with Gasteiger partial charge in [0, 0.05) is 17.9 Å². The summed E-state index contributed by atoms with van der Waals surface area (Å²) in [5, 5.41) is 0. The molecule has 0 amide bonds. The fourth-order valence-electron chi connectivity index (χ4n) is 6.37. The first-order chi connectivity index (χ1) is 16.1. The highest BCUT2D eigenvalue weighted by Gasteiger charge is 2.58. The molecule has 3 atom stereocenters. The molecule has 0 N–H and O–H groups in total. The van der Waals surface area contributed by atoms with Crippen LogP contribution in [0.15, 0.2) is 91.0 Å². The molecule has 0 aliphatic heterocycles. The topological polar surface area (TPSA) is 29.5 Å². The van der Waals surface area contributed by atoms with Gasteiger partial charge in [-0.2, -0.15) is 0 Å². The van der Waals surface area contributed by atoms with Crippen molar-refractivity contribution in [2.24, 2.45) is 5.92 Å². The summed E-state index contributed by atoms with van der Waals surface area (Å²) in [6, 6.07) is 31.6.